The first-order valence-corrected chi connectivity index (χ1v) is 8.22. The lowest BCUT2D eigenvalue weighted by molar-refractivity contribution is -0.137. The van der Waals surface area contributed by atoms with E-state index in [-0.39, 0.29) is 11.6 Å². The molecule has 2 aromatic carbocycles. The molecule has 1 unspecified atom stereocenters. The highest BCUT2D eigenvalue weighted by Gasteiger charge is 2.38. The molecule has 136 valence electrons. The molecule has 7 heteroatoms. The van der Waals surface area contributed by atoms with Gasteiger partial charge in [-0.15, -0.1) is 0 Å². The van der Waals surface area contributed by atoms with Gasteiger partial charge in [0.1, 0.15) is 12.0 Å². The Morgan fingerprint density at radius 3 is 2.48 bits per heavy atom. The van der Waals surface area contributed by atoms with Crippen molar-refractivity contribution < 1.29 is 18.0 Å². The molecule has 0 spiro atoms. The predicted molar refractivity (Wildman–Crippen MR) is 95.3 cm³/mol. The van der Waals surface area contributed by atoms with Crippen molar-refractivity contribution in [1.29, 1.82) is 0 Å². The van der Waals surface area contributed by atoms with Crippen molar-refractivity contribution in [2.24, 2.45) is 0 Å². The monoisotopic (exact) mass is 369 g/mol. The molecule has 3 aromatic rings. The minimum Gasteiger partial charge on any atom is -0.361 e. The number of rotatable bonds is 3. The average Bonchev–Trinajstić information content (AvgIpc) is 2.94. The molecule has 0 fully saturated rings. The van der Waals surface area contributed by atoms with E-state index in [1.54, 1.807) is 48.7 Å². The molecule has 0 bridgehead atoms. The second-order valence-electron chi connectivity index (χ2n) is 6.08. The fourth-order valence-corrected chi connectivity index (χ4v) is 3.13. The quantitative estimate of drug-likeness (QED) is 0.716. The number of anilines is 2. The van der Waals surface area contributed by atoms with Crippen LogP contribution in [0.4, 0.5) is 24.7 Å². The van der Waals surface area contributed by atoms with E-state index in [1.807, 2.05) is 0 Å². The van der Waals surface area contributed by atoms with Crippen LogP contribution in [0.25, 0.3) is 0 Å². The molecule has 0 aliphatic carbocycles. The molecule has 1 aromatic heterocycles. The number of amides is 1. The van der Waals surface area contributed by atoms with Gasteiger partial charge in [0.25, 0.3) is 5.91 Å². The third-order valence-electron chi connectivity index (χ3n) is 4.35. The van der Waals surface area contributed by atoms with Gasteiger partial charge < -0.3 is 5.32 Å². The van der Waals surface area contributed by atoms with Crippen LogP contribution < -0.4 is 10.2 Å². The van der Waals surface area contributed by atoms with Gasteiger partial charge in [0.15, 0.2) is 0 Å². The zero-order valence-electron chi connectivity index (χ0n) is 13.9. The molecule has 1 atom stereocenters. The number of carbonyl (C=O) groups excluding carboxylic acids is 1. The Morgan fingerprint density at radius 1 is 0.963 bits per heavy atom. The molecule has 4 nitrogen and oxygen atoms in total. The van der Waals surface area contributed by atoms with E-state index >= 15 is 0 Å². The first kappa shape index (κ1) is 17.1. The summed E-state index contributed by atoms with van der Waals surface area (Å²) in [6.07, 6.45) is -3.54. The standard InChI is InChI=1S/C20H14F3N3O/c21-20(22,23)13-6-5-7-14(12-13)25-18-15-8-1-2-9-16(15)19(27)26(18)17-10-3-4-11-24-17/h1-12,18,25H. The molecular weight excluding hydrogens is 355 g/mol. The lowest BCUT2D eigenvalue weighted by atomic mass is 10.1. The Bertz CT molecular complexity index is 989. The fourth-order valence-electron chi connectivity index (χ4n) is 3.13. The number of nitrogens with one attached hydrogen (secondary N) is 1. The van der Waals surface area contributed by atoms with Crippen LogP contribution >= 0.6 is 0 Å². The third-order valence-corrected chi connectivity index (χ3v) is 4.35. The first-order valence-electron chi connectivity index (χ1n) is 8.22. The van der Waals surface area contributed by atoms with Gasteiger partial charge in [0, 0.05) is 23.0 Å². The Kier molecular flexibility index (Phi) is 4.07. The third kappa shape index (κ3) is 3.12. The van der Waals surface area contributed by atoms with Gasteiger partial charge in [-0.05, 0) is 36.4 Å². The first-order chi connectivity index (χ1) is 12.9. The van der Waals surface area contributed by atoms with E-state index < -0.39 is 17.9 Å². The summed E-state index contributed by atoms with van der Waals surface area (Å²) in [6, 6.07) is 17.1. The normalized spacial score (nSPS) is 16.3. The van der Waals surface area contributed by atoms with Gasteiger partial charge in [-0.2, -0.15) is 13.2 Å². The Hall–Kier alpha value is -3.35. The fraction of sp³-hybridized carbons (Fsp3) is 0.100. The second-order valence-corrected chi connectivity index (χ2v) is 6.08. The van der Waals surface area contributed by atoms with E-state index in [0.29, 0.717) is 16.9 Å². The Morgan fingerprint density at radius 2 is 1.74 bits per heavy atom. The molecule has 4 rings (SSSR count). The van der Waals surface area contributed by atoms with Crippen molar-refractivity contribution in [2.45, 2.75) is 12.3 Å². The molecule has 0 saturated heterocycles. The van der Waals surface area contributed by atoms with Gasteiger partial charge >= 0.3 is 6.18 Å². The second kappa shape index (κ2) is 6.42. The number of pyridine rings is 1. The molecule has 1 aliphatic rings. The van der Waals surface area contributed by atoms with Gasteiger partial charge in [0.2, 0.25) is 0 Å². The van der Waals surface area contributed by atoms with Crippen LogP contribution in [0.3, 0.4) is 0 Å². The van der Waals surface area contributed by atoms with Crippen LogP contribution in [0.1, 0.15) is 27.7 Å². The number of aromatic nitrogens is 1. The highest BCUT2D eigenvalue weighted by Crippen LogP contribution is 2.38. The maximum Gasteiger partial charge on any atom is 0.416 e. The Labute approximate surface area is 153 Å². The SMILES string of the molecule is O=C1c2ccccc2C(Nc2cccc(C(F)(F)F)c2)N1c1ccccn1. The summed E-state index contributed by atoms with van der Waals surface area (Å²) >= 11 is 0. The maximum atomic E-state index is 13.0. The summed E-state index contributed by atoms with van der Waals surface area (Å²) in [5.41, 5.74) is 0.688. The van der Waals surface area contributed by atoms with E-state index in [0.717, 1.165) is 12.1 Å². The van der Waals surface area contributed by atoms with Crippen LogP contribution in [-0.4, -0.2) is 10.9 Å². The summed E-state index contributed by atoms with van der Waals surface area (Å²) in [5, 5.41) is 3.05. The van der Waals surface area contributed by atoms with E-state index in [1.165, 1.54) is 17.0 Å². The number of nitrogens with zero attached hydrogens (tertiary/aromatic N) is 2. The van der Waals surface area contributed by atoms with Crippen LogP contribution in [0.5, 0.6) is 0 Å². The van der Waals surface area contributed by atoms with Crippen LogP contribution in [0.2, 0.25) is 0 Å². The predicted octanol–water partition coefficient (Wildman–Crippen LogP) is 4.87. The van der Waals surface area contributed by atoms with E-state index in [2.05, 4.69) is 10.3 Å². The number of carbonyl (C=O) groups is 1. The highest BCUT2D eigenvalue weighted by molar-refractivity contribution is 6.10. The molecule has 0 radical (unpaired) electrons. The summed E-state index contributed by atoms with van der Waals surface area (Å²) in [5.74, 6) is 0.164. The summed E-state index contributed by atoms with van der Waals surface area (Å²) in [6.45, 7) is 0. The number of hydrogen-bond acceptors (Lipinski definition) is 3. The lowest BCUT2D eigenvalue weighted by Gasteiger charge is -2.26. The molecule has 1 aliphatic heterocycles. The number of benzene rings is 2. The van der Waals surface area contributed by atoms with Gasteiger partial charge in [-0.1, -0.05) is 30.3 Å². The summed E-state index contributed by atoms with van der Waals surface area (Å²) < 4.78 is 39.1. The molecule has 1 amide bonds. The average molecular weight is 369 g/mol. The summed E-state index contributed by atoms with van der Waals surface area (Å²) in [7, 11) is 0. The van der Waals surface area contributed by atoms with Gasteiger partial charge in [-0.25, -0.2) is 4.98 Å². The van der Waals surface area contributed by atoms with Crippen molar-refractivity contribution in [2.75, 3.05) is 10.2 Å². The molecule has 1 N–H and O–H groups in total. The minimum atomic E-state index is -4.44. The smallest absolute Gasteiger partial charge is 0.361 e. The largest absolute Gasteiger partial charge is 0.416 e. The summed E-state index contributed by atoms with van der Waals surface area (Å²) in [4.78, 5) is 18.6. The zero-order chi connectivity index (χ0) is 19.0. The molecule has 0 saturated carbocycles. The van der Waals surface area contributed by atoms with Crippen LogP contribution in [0.15, 0.2) is 72.9 Å². The molecular formula is C20H14F3N3O. The maximum absolute atomic E-state index is 13.0. The van der Waals surface area contributed by atoms with Gasteiger partial charge in [-0.3, -0.25) is 9.69 Å². The number of alkyl halides is 3. The van der Waals surface area contributed by atoms with Gasteiger partial charge in [0.05, 0.1) is 5.56 Å². The topological polar surface area (TPSA) is 45.2 Å². The Balaban J connectivity index is 1.76. The highest BCUT2D eigenvalue weighted by atomic mass is 19.4. The number of hydrogen-bond donors (Lipinski definition) is 1. The van der Waals surface area contributed by atoms with Crippen LogP contribution in [0, 0.1) is 0 Å². The van der Waals surface area contributed by atoms with Crippen molar-refractivity contribution in [3.8, 4) is 0 Å². The minimum absolute atomic E-state index is 0.256. The van der Waals surface area contributed by atoms with E-state index in [4.69, 9.17) is 0 Å². The van der Waals surface area contributed by atoms with Crippen molar-refractivity contribution >= 4 is 17.4 Å². The molecule has 27 heavy (non-hydrogen) atoms. The van der Waals surface area contributed by atoms with Crippen molar-refractivity contribution in [1.82, 2.24) is 4.98 Å². The number of fused-ring (bicyclic) bond motifs is 1. The lowest BCUT2D eigenvalue weighted by Crippen LogP contribution is -2.32. The molecule has 2 heterocycles. The van der Waals surface area contributed by atoms with Crippen LogP contribution in [-0.2, 0) is 6.18 Å². The van der Waals surface area contributed by atoms with E-state index in [9.17, 15) is 18.0 Å². The van der Waals surface area contributed by atoms with Crippen molar-refractivity contribution in [3.05, 3.63) is 89.6 Å². The van der Waals surface area contributed by atoms with Crippen molar-refractivity contribution in [3.63, 3.8) is 0 Å². The zero-order valence-corrected chi connectivity index (χ0v) is 13.9. The number of halogens is 3.